The van der Waals surface area contributed by atoms with Crippen molar-refractivity contribution in [1.29, 1.82) is 0 Å². The number of para-hydroxylation sites is 1. The lowest BCUT2D eigenvalue weighted by Crippen LogP contribution is -2.30. The van der Waals surface area contributed by atoms with Gasteiger partial charge in [-0.25, -0.2) is 4.39 Å². The molecule has 0 bridgehead atoms. The number of aliphatic hydroxyl groups is 1. The van der Waals surface area contributed by atoms with E-state index in [1.165, 1.54) is 6.07 Å². The van der Waals surface area contributed by atoms with Crippen molar-refractivity contribution in [3.05, 3.63) is 29.6 Å². The Labute approximate surface area is 108 Å². The van der Waals surface area contributed by atoms with Crippen molar-refractivity contribution in [2.75, 3.05) is 38.1 Å². The maximum absolute atomic E-state index is 14.1. The highest BCUT2D eigenvalue weighted by Crippen LogP contribution is 2.29. The van der Waals surface area contributed by atoms with Crippen LogP contribution in [0.2, 0.25) is 0 Å². The van der Waals surface area contributed by atoms with Crippen molar-refractivity contribution in [3.63, 3.8) is 0 Å². The number of nitrogens with zero attached hydrogens (tertiary/aromatic N) is 2. The van der Waals surface area contributed by atoms with E-state index in [9.17, 15) is 9.50 Å². The van der Waals surface area contributed by atoms with Crippen LogP contribution in [0, 0.1) is 5.82 Å². The van der Waals surface area contributed by atoms with E-state index in [0.29, 0.717) is 11.3 Å². The van der Waals surface area contributed by atoms with Gasteiger partial charge in [0.15, 0.2) is 0 Å². The van der Waals surface area contributed by atoms with Crippen molar-refractivity contribution < 1.29 is 9.50 Å². The molecule has 1 atom stereocenters. The molecule has 0 unspecified atom stereocenters. The minimum absolute atomic E-state index is 0.238. The number of hydrogen-bond donors (Lipinski definition) is 1. The first-order valence-electron chi connectivity index (χ1n) is 6.49. The van der Waals surface area contributed by atoms with Gasteiger partial charge in [0.2, 0.25) is 0 Å². The van der Waals surface area contributed by atoms with Gasteiger partial charge in [-0.05, 0) is 33.0 Å². The summed E-state index contributed by atoms with van der Waals surface area (Å²) >= 11 is 0. The summed E-state index contributed by atoms with van der Waals surface area (Å²) in [5, 5.41) is 9.78. The predicted molar refractivity (Wildman–Crippen MR) is 71.4 cm³/mol. The zero-order valence-electron chi connectivity index (χ0n) is 11.1. The highest BCUT2D eigenvalue weighted by atomic mass is 19.1. The number of aliphatic hydroxyl groups excluding tert-OH is 1. The van der Waals surface area contributed by atoms with Gasteiger partial charge in [-0.15, -0.1) is 0 Å². The van der Waals surface area contributed by atoms with Crippen molar-refractivity contribution >= 4 is 5.69 Å². The van der Waals surface area contributed by atoms with E-state index in [-0.39, 0.29) is 5.82 Å². The first-order valence-corrected chi connectivity index (χ1v) is 6.49. The topological polar surface area (TPSA) is 26.7 Å². The molecular formula is C14H21FN2O. The standard InChI is InChI=1S/C14H21FN2O/c1-11(18)12-5-3-6-13(15)14(12)17-8-4-7-16(2)9-10-17/h3,5-6,11,18H,4,7-10H2,1-2H3/t11-/m1/s1. The molecule has 0 aliphatic carbocycles. The fourth-order valence-corrected chi connectivity index (χ4v) is 2.47. The summed E-state index contributed by atoms with van der Waals surface area (Å²) < 4.78 is 14.1. The number of likely N-dealkylation sites (N-methyl/N-ethyl adjacent to an activating group) is 1. The minimum Gasteiger partial charge on any atom is -0.389 e. The van der Waals surface area contributed by atoms with Crippen LogP contribution in [-0.4, -0.2) is 43.2 Å². The zero-order valence-corrected chi connectivity index (χ0v) is 11.1. The molecule has 2 rings (SSSR count). The van der Waals surface area contributed by atoms with Gasteiger partial charge >= 0.3 is 0 Å². The van der Waals surface area contributed by atoms with Crippen molar-refractivity contribution in [2.24, 2.45) is 0 Å². The SMILES string of the molecule is C[C@@H](O)c1cccc(F)c1N1CCCN(C)CC1. The molecule has 18 heavy (non-hydrogen) atoms. The largest absolute Gasteiger partial charge is 0.389 e. The third-order valence-corrected chi connectivity index (χ3v) is 3.50. The van der Waals surface area contributed by atoms with Gasteiger partial charge in [0, 0.05) is 25.2 Å². The van der Waals surface area contributed by atoms with Gasteiger partial charge in [0.1, 0.15) is 5.82 Å². The molecule has 1 aliphatic rings. The van der Waals surface area contributed by atoms with E-state index in [0.717, 1.165) is 32.6 Å². The van der Waals surface area contributed by atoms with Crippen LogP contribution < -0.4 is 4.90 Å². The summed E-state index contributed by atoms with van der Waals surface area (Å²) in [4.78, 5) is 4.31. The molecule has 1 heterocycles. The van der Waals surface area contributed by atoms with Gasteiger partial charge < -0.3 is 14.9 Å². The van der Waals surface area contributed by atoms with Gasteiger partial charge in [-0.1, -0.05) is 12.1 Å². The Bertz CT molecular complexity index is 409. The molecule has 4 heteroatoms. The molecule has 1 aliphatic heterocycles. The summed E-state index contributed by atoms with van der Waals surface area (Å²) in [6, 6.07) is 4.93. The first-order chi connectivity index (χ1) is 8.59. The van der Waals surface area contributed by atoms with E-state index in [1.54, 1.807) is 19.1 Å². The number of halogens is 1. The maximum atomic E-state index is 14.1. The van der Waals surface area contributed by atoms with Crippen LogP contribution in [-0.2, 0) is 0 Å². The second kappa shape index (κ2) is 5.67. The molecule has 3 nitrogen and oxygen atoms in total. The summed E-state index contributed by atoms with van der Waals surface area (Å²) in [5.74, 6) is -0.238. The molecule has 1 saturated heterocycles. The lowest BCUT2D eigenvalue weighted by atomic mass is 10.1. The van der Waals surface area contributed by atoms with Crippen LogP contribution in [0.3, 0.4) is 0 Å². The van der Waals surface area contributed by atoms with Crippen LogP contribution >= 0.6 is 0 Å². The van der Waals surface area contributed by atoms with Crippen LogP contribution in [0.15, 0.2) is 18.2 Å². The molecule has 0 saturated carbocycles. The molecule has 0 amide bonds. The van der Waals surface area contributed by atoms with Gasteiger partial charge in [0.05, 0.1) is 11.8 Å². The highest BCUT2D eigenvalue weighted by Gasteiger charge is 2.20. The highest BCUT2D eigenvalue weighted by molar-refractivity contribution is 5.56. The molecule has 1 N–H and O–H groups in total. The summed E-state index contributed by atoms with van der Waals surface area (Å²) in [6.45, 7) is 5.28. The third kappa shape index (κ3) is 2.82. The molecule has 1 aromatic carbocycles. The van der Waals surface area contributed by atoms with E-state index >= 15 is 0 Å². The maximum Gasteiger partial charge on any atom is 0.146 e. The van der Waals surface area contributed by atoms with E-state index in [1.807, 2.05) is 0 Å². The average Bonchev–Trinajstić information content (AvgIpc) is 2.53. The molecule has 100 valence electrons. The van der Waals surface area contributed by atoms with E-state index < -0.39 is 6.10 Å². The fraction of sp³-hybridized carbons (Fsp3) is 0.571. The Balaban J connectivity index is 2.31. The average molecular weight is 252 g/mol. The quantitative estimate of drug-likeness (QED) is 0.872. The lowest BCUT2D eigenvalue weighted by Gasteiger charge is -2.26. The van der Waals surface area contributed by atoms with Crippen molar-refractivity contribution in [3.8, 4) is 0 Å². The van der Waals surface area contributed by atoms with Crippen molar-refractivity contribution in [1.82, 2.24) is 4.90 Å². The lowest BCUT2D eigenvalue weighted by molar-refractivity contribution is 0.199. The summed E-state index contributed by atoms with van der Waals surface area (Å²) in [5.41, 5.74) is 1.25. The Kier molecular flexibility index (Phi) is 4.19. The summed E-state index contributed by atoms with van der Waals surface area (Å²) in [6.07, 6.45) is 0.376. The normalized spacial score (nSPS) is 19.7. The van der Waals surface area contributed by atoms with Gasteiger partial charge in [-0.3, -0.25) is 0 Å². The Hall–Kier alpha value is -1.13. The van der Waals surface area contributed by atoms with Crippen LogP contribution in [0.25, 0.3) is 0 Å². The number of hydrogen-bond acceptors (Lipinski definition) is 3. The predicted octanol–water partition coefficient (Wildman–Crippen LogP) is 2.02. The van der Waals surface area contributed by atoms with Gasteiger partial charge in [-0.2, -0.15) is 0 Å². The smallest absolute Gasteiger partial charge is 0.146 e. The molecule has 0 radical (unpaired) electrons. The summed E-state index contributed by atoms with van der Waals surface area (Å²) in [7, 11) is 2.08. The monoisotopic (exact) mass is 252 g/mol. The second-order valence-corrected chi connectivity index (χ2v) is 5.00. The molecule has 1 aromatic rings. The number of benzene rings is 1. The van der Waals surface area contributed by atoms with E-state index in [2.05, 4.69) is 16.8 Å². The first kappa shape index (κ1) is 13.3. The van der Waals surface area contributed by atoms with Crippen LogP contribution in [0.4, 0.5) is 10.1 Å². The molecular weight excluding hydrogens is 231 g/mol. The fourth-order valence-electron chi connectivity index (χ4n) is 2.47. The number of anilines is 1. The zero-order chi connectivity index (χ0) is 13.1. The molecule has 0 spiro atoms. The minimum atomic E-state index is -0.642. The second-order valence-electron chi connectivity index (χ2n) is 5.00. The van der Waals surface area contributed by atoms with Crippen molar-refractivity contribution in [2.45, 2.75) is 19.4 Å². The third-order valence-electron chi connectivity index (χ3n) is 3.50. The van der Waals surface area contributed by atoms with Crippen LogP contribution in [0.1, 0.15) is 25.0 Å². The van der Waals surface area contributed by atoms with Crippen LogP contribution in [0.5, 0.6) is 0 Å². The Morgan fingerprint density at radius 2 is 2.00 bits per heavy atom. The molecule has 0 aromatic heterocycles. The van der Waals surface area contributed by atoms with E-state index in [4.69, 9.17) is 0 Å². The Morgan fingerprint density at radius 1 is 1.22 bits per heavy atom. The van der Waals surface area contributed by atoms with Gasteiger partial charge in [0.25, 0.3) is 0 Å². The number of rotatable bonds is 2. The Morgan fingerprint density at radius 3 is 2.72 bits per heavy atom. The molecule has 1 fully saturated rings.